The molecule has 1 aliphatic heterocycles. The fourth-order valence-corrected chi connectivity index (χ4v) is 4.28. The molecule has 0 radical (unpaired) electrons. The Morgan fingerprint density at radius 3 is 2.81 bits per heavy atom. The molecule has 1 aromatic carbocycles. The number of hydrogen-bond acceptors (Lipinski definition) is 5. The number of ether oxygens (including phenoxy) is 1. The molecule has 0 spiro atoms. The quantitative estimate of drug-likeness (QED) is 0.744. The molecule has 1 aromatic rings. The number of anilines is 1. The van der Waals surface area contributed by atoms with E-state index in [1.54, 1.807) is 24.3 Å². The van der Waals surface area contributed by atoms with E-state index in [1.807, 2.05) is 11.8 Å². The summed E-state index contributed by atoms with van der Waals surface area (Å²) in [6, 6.07) is 6.97. The van der Waals surface area contributed by atoms with Gasteiger partial charge in [-0.15, -0.1) is 0 Å². The van der Waals surface area contributed by atoms with Gasteiger partial charge in [0.2, 0.25) is 10.0 Å². The fourth-order valence-electron chi connectivity index (χ4n) is 2.14. The molecule has 1 heterocycles. The van der Waals surface area contributed by atoms with Crippen LogP contribution in [0.3, 0.4) is 0 Å². The van der Waals surface area contributed by atoms with Crippen LogP contribution in [0.5, 0.6) is 5.75 Å². The van der Waals surface area contributed by atoms with Crippen molar-refractivity contribution in [3.8, 4) is 5.75 Å². The molecule has 0 aromatic heterocycles. The summed E-state index contributed by atoms with van der Waals surface area (Å²) in [4.78, 5) is 0. The number of sulfonamides is 1. The van der Waals surface area contributed by atoms with Crippen LogP contribution in [0.4, 0.5) is 5.69 Å². The largest absolute Gasteiger partial charge is 0.492 e. The number of hydrogen-bond donors (Lipinski definition) is 2. The summed E-state index contributed by atoms with van der Waals surface area (Å²) in [6.07, 6.45) is 2.18. The van der Waals surface area contributed by atoms with E-state index >= 15 is 0 Å². The summed E-state index contributed by atoms with van der Waals surface area (Å²) in [6.45, 7) is 0.667. The molecular formula is C14H22N2O3S2. The van der Waals surface area contributed by atoms with Crippen LogP contribution in [0.25, 0.3) is 0 Å². The Kier molecular flexibility index (Phi) is 6.20. The molecule has 0 amide bonds. The molecule has 1 fully saturated rings. The van der Waals surface area contributed by atoms with Crippen molar-refractivity contribution < 1.29 is 13.2 Å². The van der Waals surface area contributed by atoms with Gasteiger partial charge in [-0.3, -0.25) is 0 Å². The Labute approximate surface area is 130 Å². The van der Waals surface area contributed by atoms with E-state index in [0.717, 1.165) is 24.3 Å². The molecule has 0 atom stereocenters. The van der Waals surface area contributed by atoms with Crippen molar-refractivity contribution in [2.24, 2.45) is 5.92 Å². The highest BCUT2D eigenvalue weighted by molar-refractivity contribution is 7.99. The monoisotopic (exact) mass is 330 g/mol. The lowest BCUT2D eigenvalue weighted by Gasteiger charge is -2.21. The number of benzene rings is 1. The van der Waals surface area contributed by atoms with Gasteiger partial charge in [0, 0.05) is 18.3 Å². The third kappa shape index (κ3) is 6.15. The Hall–Kier alpha value is -0.920. The zero-order valence-electron chi connectivity index (χ0n) is 12.0. The van der Waals surface area contributed by atoms with Crippen molar-refractivity contribution in [1.82, 2.24) is 4.72 Å². The standard InChI is InChI=1S/C14H22N2O3S2/c15-13-2-1-3-14(10-13)19-6-9-21(17,18)16-11-12-4-7-20-8-5-12/h1-3,10,12,16H,4-9,11,15H2. The number of thioether (sulfide) groups is 1. The number of rotatable bonds is 7. The number of nitrogen functional groups attached to an aromatic ring is 1. The summed E-state index contributed by atoms with van der Waals surface area (Å²) in [5.74, 6) is 3.28. The van der Waals surface area contributed by atoms with Crippen molar-refractivity contribution in [2.75, 3.05) is 36.1 Å². The maximum Gasteiger partial charge on any atom is 0.214 e. The van der Waals surface area contributed by atoms with Crippen LogP contribution in [0.15, 0.2) is 24.3 Å². The second-order valence-corrected chi connectivity index (χ2v) is 8.30. The molecule has 2 rings (SSSR count). The summed E-state index contributed by atoms with van der Waals surface area (Å²) in [5, 5.41) is 0. The van der Waals surface area contributed by atoms with E-state index in [-0.39, 0.29) is 12.4 Å². The summed E-state index contributed by atoms with van der Waals surface area (Å²) in [7, 11) is -3.27. The predicted molar refractivity (Wildman–Crippen MR) is 88.2 cm³/mol. The zero-order chi connectivity index (χ0) is 15.1. The first kappa shape index (κ1) is 16.5. The smallest absolute Gasteiger partial charge is 0.214 e. The maximum atomic E-state index is 11.9. The van der Waals surface area contributed by atoms with Gasteiger partial charge < -0.3 is 10.5 Å². The van der Waals surface area contributed by atoms with Crippen LogP contribution in [0, 0.1) is 5.92 Å². The van der Waals surface area contributed by atoms with Gasteiger partial charge in [0.05, 0.1) is 5.75 Å². The molecular weight excluding hydrogens is 308 g/mol. The van der Waals surface area contributed by atoms with E-state index < -0.39 is 10.0 Å². The molecule has 0 aliphatic carbocycles. The average Bonchev–Trinajstić information content (AvgIpc) is 2.46. The third-order valence-corrected chi connectivity index (χ3v) is 5.77. The van der Waals surface area contributed by atoms with E-state index in [2.05, 4.69) is 4.72 Å². The summed E-state index contributed by atoms with van der Waals surface area (Å²) >= 11 is 1.94. The van der Waals surface area contributed by atoms with Crippen LogP contribution in [-0.2, 0) is 10.0 Å². The second kappa shape index (κ2) is 7.91. The van der Waals surface area contributed by atoms with Gasteiger partial charge in [-0.05, 0) is 42.4 Å². The average molecular weight is 330 g/mol. The first-order valence-corrected chi connectivity index (χ1v) is 9.89. The molecule has 1 aliphatic rings. The van der Waals surface area contributed by atoms with E-state index in [0.29, 0.717) is 23.9 Å². The molecule has 0 bridgehead atoms. The minimum atomic E-state index is -3.27. The molecule has 0 unspecified atom stereocenters. The van der Waals surface area contributed by atoms with Gasteiger partial charge in [-0.1, -0.05) is 6.07 Å². The van der Waals surface area contributed by atoms with Gasteiger partial charge in [0.15, 0.2) is 0 Å². The highest BCUT2D eigenvalue weighted by atomic mass is 32.2. The molecule has 7 heteroatoms. The maximum absolute atomic E-state index is 11.9. The Bertz CT molecular complexity index is 543. The van der Waals surface area contributed by atoms with E-state index in [4.69, 9.17) is 10.5 Å². The molecule has 5 nitrogen and oxygen atoms in total. The molecule has 3 N–H and O–H groups in total. The molecule has 21 heavy (non-hydrogen) atoms. The van der Waals surface area contributed by atoms with Crippen LogP contribution >= 0.6 is 11.8 Å². The second-order valence-electron chi connectivity index (χ2n) is 5.14. The van der Waals surface area contributed by atoms with Crippen molar-refractivity contribution in [3.05, 3.63) is 24.3 Å². The lowest BCUT2D eigenvalue weighted by Crippen LogP contribution is -2.34. The summed E-state index contributed by atoms with van der Waals surface area (Å²) in [5.41, 5.74) is 6.23. The fraction of sp³-hybridized carbons (Fsp3) is 0.571. The summed E-state index contributed by atoms with van der Waals surface area (Å²) < 4.78 is 31.9. The van der Waals surface area contributed by atoms with Gasteiger partial charge in [0.1, 0.15) is 12.4 Å². The Balaban J connectivity index is 1.70. The predicted octanol–water partition coefficient (Wildman–Crippen LogP) is 1.71. The van der Waals surface area contributed by atoms with Crippen LogP contribution in [0.1, 0.15) is 12.8 Å². The topological polar surface area (TPSA) is 81.4 Å². The molecule has 0 saturated carbocycles. The molecule has 1 saturated heterocycles. The minimum absolute atomic E-state index is 0.0384. The third-order valence-electron chi connectivity index (χ3n) is 3.41. The van der Waals surface area contributed by atoms with Gasteiger partial charge in [0.25, 0.3) is 0 Å². The SMILES string of the molecule is Nc1cccc(OCCS(=O)(=O)NCC2CCSCC2)c1. The Morgan fingerprint density at radius 1 is 1.33 bits per heavy atom. The van der Waals surface area contributed by atoms with Crippen LogP contribution in [0.2, 0.25) is 0 Å². The zero-order valence-corrected chi connectivity index (χ0v) is 13.6. The van der Waals surface area contributed by atoms with Crippen LogP contribution < -0.4 is 15.2 Å². The van der Waals surface area contributed by atoms with Crippen LogP contribution in [-0.4, -0.2) is 38.8 Å². The van der Waals surface area contributed by atoms with Gasteiger partial charge in [-0.25, -0.2) is 13.1 Å². The highest BCUT2D eigenvalue weighted by Crippen LogP contribution is 2.22. The highest BCUT2D eigenvalue weighted by Gasteiger charge is 2.17. The lowest BCUT2D eigenvalue weighted by molar-refractivity contribution is 0.340. The van der Waals surface area contributed by atoms with E-state index in [1.165, 1.54) is 0 Å². The Morgan fingerprint density at radius 2 is 2.10 bits per heavy atom. The lowest BCUT2D eigenvalue weighted by atomic mass is 10.0. The van der Waals surface area contributed by atoms with Crippen molar-refractivity contribution in [1.29, 1.82) is 0 Å². The van der Waals surface area contributed by atoms with Crippen molar-refractivity contribution in [2.45, 2.75) is 12.8 Å². The minimum Gasteiger partial charge on any atom is -0.492 e. The van der Waals surface area contributed by atoms with Crippen molar-refractivity contribution in [3.63, 3.8) is 0 Å². The van der Waals surface area contributed by atoms with Gasteiger partial charge >= 0.3 is 0 Å². The normalized spacial score (nSPS) is 16.8. The first-order valence-electron chi connectivity index (χ1n) is 7.08. The van der Waals surface area contributed by atoms with Crippen molar-refractivity contribution >= 4 is 27.5 Å². The first-order chi connectivity index (χ1) is 10.1. The van der Waals surface area contributed by atoms with Gasteiger partial charge in [-0.2, -0.15) is 11.8 Å². The number of nitrogens with one attached hydrogen (secondary N) is 1. The van der Waals surface area contributed by atoms with E-state index in [9.17, 15) is 8.42 Å². The number of nitrogens with two attached hydrogens (primary N) is 1. The molecule has 118 valence electrons.